The zero-order valence-corrected chi connectivity index (χ0v) is 14.9. The van der Waals surface area contributed by atoms with E-state index < -0.39 is 0 Å². The zero-order valence-electron chi connectivity index (χ0n) is 13.3. The zero-order chi connectivity index (χ0) is 17.1. The molecule has 1 aliphatic heterocycles. The molecule has 1 aliphatic carbocycles. The number of halogens is 2. The van der Waals surface area contributed by atoms with Crippen molar-refractivity contribution in [2.24, 2.45) is 5.92 Å². The van der Waals surface area contributed by atoms with Crippen LogP contribution in [-0.4, -0.2) is 54.4 Å². The minimum absolute atomic E-state index is 0.0623. The molecule has 1 saturated carbocycles. The molecule has 0 radical (unpaired) electrons. The van der Waals surface area contributed by atoms with Gasteiger partial charge in [0.2, 0.25) is 5.91 Å². The summed E-state index contributed by atoms with van der Waals surface area (Å²) in [7, 11) is 0. The number of carbonyl (C=O) groups excluding carboxylic acids is 2. The summed E-state index contributed by atoms with van der Waals surface area (Å²) in [6.07, 6.45) is 2.81. The Balaban J connectivity index is 1.50. The lowest BCUT2D eigenvalue weighted by Crippen LogP contribution is -2.39. The highest BCUT2D eigenvalue weighted by atomic mass is 35.5. The Morgan fingerprint density at radius 3 is 2.29 bits per heavy atom. The van der Waals surface area contributed by atoms with Gasteiger partial charge in [0.25, 0.3) is 5.91 Å². The third-order valence-corrected chi connectivity index (χ3v) is 4.72. The molecular weight excluding hydrogens is 351 g/mol. The quantitative estimate of drug-likeness (QED) is 0.818. The topological polar surface area (TPSA) is 49.9 Å². The summed E-state index contributed by atoms with van der Waals surface area (Å²) in [4.78, 5) is 28.1. The van der Waals surface area contributed by atoms with Gasteiger partial charge in [0.1, 0.15) is 5.75 Å². The molecule has 0 aromatic heterocycles. The first-order chi connectivity index (χ1) is 11.5. The van der Waals surface area contributed by atoms with Gasteiger partial charge in [-0.2, -0.15) is 0 Å². The molecule has 1 aromatic rings. The van der Waals surface area contributed by atoms with Crippen LogP contribution >= 0.6 is 23.2 Å². The molecule has 5 nitrogen and oxygen atoms in total. The Bertz CT molecular complexity index is 614. The van der Waals surface area contributed by atoms with Crippen molar-refractivity contribution in [3.05, 3.63) is 28.2 Å². The molecule has 130 valence electrons. The van der Waals surface area contributed by atoms with Crippen molar-refractivity contribution in [3.63, 3.8) is 0 Å². The van der Waals surface area contributed by atoms with E-state index in [0.29, 0.717) is 35.4 Å². The lowest BCUT2D eigenvalue weighted by molar-refractivity contribution is -0.135. The average Bonchev–Trinajstić information content (AvgIpc) is 3.37. The minimum Gasteiger partial charge on any atom is -0.484 e. The third-order valence-electron chi connectivity index (χ3n) is 4.29. The Hall–Kier alpha value is -1.46. The van der Waals surface area contributed by atoms with Crippen molar-refractivity contribution < 1.29 is 14.3 Å². The maximum Gasteiger partial charge on any atom is 0.260 e. The van der Waals surface area contributed by atoms with Gasteiger partial charge in [-0.3, -0.25) is 9.59 Å². The first-order valence-electron chi connectivity index (χ1n) is 8.18. The Kier molecular flexibility index (Phi) is 5.51. The van der Waals surface area contributed by atoms with E-state index in [1.807, 2.05) is 4.90 Å². The molecule has 1 saturated heterocycles. The summed E-state index contributed by atoms with van der Waals surface area (Å²) >= 11 is 11.8. The summed E-state index contributed by atoms with van der Waals surface area (Å²) in [5.74, 6) is 0.852. The van der Waals surface area contributed by atoms with Crippen molar-refractivity contribution in [2.45, 2.75) is 19.3 Å². The lowest BCUT2D eigenvalue weighted by atomic mass is 10.3. The minimum atomic E-state index is -0.0909. The summed E-state index contributed by atoms with van der Waals surface area (Å²) in [6, 6.07) is 4.86. The fourth-order valence-corrected chi connectivity index (χ4v) is 3.33. The predicted octanol–water partition coefficient (Wildman–Crippen LogP) is 2.84. The monoisotopic (exact) mass is 370 g/mol. The molecule has 2 fully saturated rings. The first-order valence-corrected chi connectivity index (χ1v) is 8.94. The number of hydrogen-bond acceptors (Lipinski definition) is 3. The average molecular weight is 371 g/mol. The second-order valence-electron chi connectivity index (χ2n) is 6.23. The largest absolute Gasteiger partial charge is 0.484 e. The van der Waals surface area contributed by atoms with Gasteiger partial charge in [0, 0.05) is 42.1 Å². The van der Waals surface area contributed by atoms with Gasteiger partial charge < -0.3 is 14.5 Å². The standard InChI is InChI=1S/C17H20Cl2N2O3/c18-13-8-14(19)10-15(9-13)24-11-16(22)20-4-1-5-21(7-6-20)17(23)12-2-3-12/h8-10,12H,1-7,11H2. The Morgan fingerprint density at radius 1 is 1.00 bits per heavy atom. The highest BCUT2D eigenvalue weighted by Crippen LogP contribution is 2.31. The van der Waals surface area contributed by atoms with E-state index in [9.17, 15) is 9.59 Å². The molecule has 1 aromatic carbocycles. The molecule has 0 bridgehead atoms. The van der Waals surface area contributed by atoms with E-state index in [4.69, 9.17) is 27.9 Å². The molecule has 0 N–H and O–H groups in total. The maximum atomic E-state index is 12.3. The summed E-state index contributed by atoms with van der Waals surface area (Å²) in [6.45, 7) is 2.46. The molecular formula is C17H20Cl2N2O3. The molecule has 24 heavy (non-hydrogen) atoms. The lowest BCUT2D eigenvalue weighted by Gasteiger charge is -2.22. The van der Waals surface area contributed by atoms with E-state index >= 15 is 0 Å². The van der Waals surface area contributed by atoms with Gasteiger partial charge in [-0.25, -0.2) is 0 Å². The van der Waals surface area contributed by atoms with Crippen LogP contribution in [0.3, 0.4) is 0 Å². The van der Waals surface area contributed by atoms with Crippen LogP contribution in [0.25, 0.3) is 0 Å². The van der Waals surface area contributed by atoms with E-state index in [-0.39, 0.29) is 24.3 Å². The maximum absolute atomic E-state index is 12.3. The SMILES string of the molecule is O=C(COc1cc(Cl)cc(Cl)c1)N1CCCN(C(=O)C2CC2)CC1. The van der Waals surface area contributed by atoms with Crippen LogP contribution in [0, 0.1) is 5.92 Å². The van der Waals surface area contributed by atoms with Gasteiger partial charge in [0.05, 0.1) is 0 Å². The molecule has 0 spiro atoms. The van der Waals surface area contributed by atoms with Crippen LogP contribution < -0.4 is 4.74 Å². The molecule has 0 atom stereocenters. The van der Waals surface area contributed by atoms with Crippen molar-refractivity contribution in [2.75, 3.05) is 32.8 Å². The van der Waals surface area contributed by atoms with Crippen LogP contribution in [0.5, 0.6) is 5.75 Å². The molecule has 2 amide bonds. The predicted molar refractivity (Wildman–Crippen MR) is 92.5 cm³/mol. The van der Waals surface area contributed by atoms with Crippen LogP contribution in [0.15, 0.2) is 18.2 Å². The Morgan fingerprint density at radius 2 is 1.62 bits per heavy atom. The van der Waals surface area contributed by atoms with Gasteiger partial charge in [0.15, 0.2) is 6.61 Å². The fourth-order valence-electron chi connectivity index (χ4n) is 2.82. The number of hydrogen-bond donors (Lipinski definition) is 0. The molecule has 1 heterocycles. The van der Waals surface area contributed by atoms with Crippen molar-refractivity contribution in [1.29, 1.82) is 0 Å². The number of nitrogens with zero attached hydrogens (tertiary/aromatic N) is 2. The van der Waals surface area contributed by atoms with Gasteiger partial charge in [-0.15, -0.1) is 0 Å². The van der Waals surface area contributed by atoms with Crippen LogP contribution in [0.1, 0.15) is 19.3 Å². The molecule has 0 unspecified atom stereocenters. The second-order valence-corrected chi connectivity index (χ2v) is 7.10. The number of amides is 2. The number of ether oxygens (including phenoxy) is 1. The Labute approximate surface area is 151 Å². The van der Waals surface area contributed by atoms with Gasteiger partial charge >= 0.3 is 0 Å². The number of benzene rings is 1. The molecule has 3 rings (SSSR count). The normalized spacial score (nSPS) is 18.2. The number of rotatable bonds is 4. The molecule has 7 heteroatoms. The second kappa shape index (κ2) is 7.62. The summed E-state index contributed by atoms with van der Waals surface area (Å²) in [5, 5.41) is 0.933. The van der Waals surface area contributed by atoms with Crippen LogP contribution in [-0.2, 0) is 9.59 Å². The fraction of sp³-hybridized carbons (Fsp3) is 0.529. The van der Waals surface area contributed by atoms with E-state index in [1.54, 1.807) is 23.1 Å². The highest BCUT2D eigenvalue weighted by molar-refractivity contribution is 6.34. The van der Waals surface area contributed by atoms with Crippen LogP contribution in [0.4, 0.5) is 0 Å². The van der Waals surface area contributed by atoms with E-state index in [2.05, 4.69) is 0 Å². The highest BCUT2D eigenvalue weighted by Gasteiger charge is 2.34. The third kappa shape index (κ3) is 4.54. The summed E-state index contributed by atoms with van der Waals surface area (Å²) in [5.41, 5.74) is 0. The van der Waals surface area contributed by atoms with E-state index in [1.165, 1.54) is 0 Å². The molecule has 2 aliphatic rings. The van der Waals surface area contributed by atoms with E-state index in [0.717, 1.165) is 25.8 Å². The van der Waals surface area contributed by atoms with Crippen molar-refractivity contribution in [3.8, 4) is 5.75 Å². The van der Waals surface area contributed by atoms with Gasteiger partial charge in [-0.05, 0) is 37.5 Å². The van der Waals surface area contributed by atoms with Crippen molar-refractivity contribution in [1.82, 2.24) is 9.80 Å². The number of carbonyl (C=O) groups is 2. The van der Waals surface area contributed by atoms with Crippen LogP contribution in [0.2, 0.25) is 10.0 Å². The van der Waals surface area contributed by atoms with Crippen molar-refractivity contribution >= 4 is 35.0 Å². The summed E-state index contributed by atoms with van der Waals surface area (Å²) < 4.78 is 5.51. The first kappa shape index (κ1) is 17.4. The smallest absolute Gasteiger partial charge is 0.260 e. The van der Waals surface area contributed by atoms with Gasteiger partial charge in [-0.1, -0.05) is 23.2 Å².